The molecule has 1 unspecified atom stereocenters. The van der Waals surface area contributed by atoms with Gasteiger partial charge in [0.15, 0.2) is 5.17 Å². The van der Waals surface area contributed by atoms with Crippen LogP contribution < -0.4 is 15.8 Å². The molecule has 0 bridgehead atoms. The predicted molar refractivity (Wildman–Crippen MR) is 108 cm³/mol. The molecule has 6 heteroatoms. The maximum Gasteiger partial charge on any atom is 0.228 e. The highest BCUT2D eigenvalue weighted by Crippen LogP contribution is 2.35. The third-order valence-electron chi connectivity index (χ3n) is 4.46. The monoisotopic (exact) mass is 369 g/mol. The van der Waals surface area contributed by atoms with Crippen molar-refractivity contribution < 1.29 is 9.53 Å². The van der Waals surface area contributed by atoms with Crippen LogP contribution >= 0.6 is 11.8 Å². The van der Waals surface area contributed by atoms with Crippen LogP contribution in [0.4, 0.5) is 5.69 Å². The van der Waals surface area contributed by atoms with Crippen LogP contribution in [0.3, 0.4) is 0 Å². The highest BCUT2D eigenvalue weighted by atomic mass is 32.2. The summed E-state index contributed by atoms with van der Waals surface area (Å²) in [5.74, 6) is 1.62. The van der Waals surface area contributed by atoms with Crippen LogP contribution in [0, 0.1) is 0 Å². The molecule has 2 aromatic rings. The zero-order valence-corrected chi connectivity index (χ0v) is 15.8. The minimum atomic E-state index is -0.344. The van der Waals surface area contributed by atoms with Gasteiger partial charge in [-0.2, -0.15) is 0 Å². The molecule has 1 heterocycles. The molecule has 136 valence electrons. The van der Waals surface area contributed by atoms with E-state index < -0.39 is 0 Å². The number of anilines is 1. The molecule has 1 amide bonds. The lowest BCUT2D eigenvalue weighted by molar-refractivity contribution is -0.115. The maximum atomic E-state index is 12.4. The normalized spacial score (nSPS) is 19.5. The second-order valence-electron chi connectivity index (χ2n) is 6.48. The number of ether oxygens (including phenoxy) is 1. The van der Waals surface area contributed by atoms with Gasteiger partial charge in [-0.05, 0) is 48.7 Å². The summed E-state index contributed by atoms with van der Waals surface area (Å²) in [4.78, 5) is 17.0. The zero-order chi connectivity index (χ0) is 18.6. The number of amidine groups is 1. The number of nitrogens with one attached hydrogen (secondary N) is 1. The van der Waals surface area contributed by atoms with Crippen LogP contribution in [0.15, 0.2) is 53.5 Å². The number of thioether (sulfide) groups is 1. The number of rotatable bonds is 5. The van der Waals surface area contributed by atoms with Gasteiger partial charge in [0.05, 0.1) is 19.1 Å². The van der Waals surface area contributed by atoms with E-state index in [0.717, 1.165) is 34.7 Å². The Morgan fingerprint density at radius 3 is 2.88 bits per heavy atom. The fourth-order valence-corrected chi connectivity index (χ4v) is 3.97. The van der Waals surface area contributed by atoms with E-state index in [1.807, 2.05) is 48.5 Å². The van der Waals surface area contributed by atoms with Gasteiger partial charge < -0.3 is 15.8 Å². The first-order chi connectivity index (χ1) is 12.5. The summed E-state index contributed by atoms with van der Waals surface area (Å²) in [6, 6.07) is 15.4. The molecule has 0 saturated heterocycles. The third-order valence-corrected chi connectivity index (χ3v) is 5.26. The quantitative estimate of drug-likeness (QED) is 0.845. The number of aliphatic imine (C=N–C) groups is 1. The summed E-state index contributed by atoms with van der Waals surface area (Å²) < 4.78 is 5.20. The molecule has 3 N–H and O–H groups in total. The number of nitrogens with two attached hydrogens (primary N) is 1. The molecule has 0 radical (unpaired) electrons. The second kappa shape index (κ2) is 7.83. The van der Waals surface area contributed by atoms with Crippen molar-refractivity contribution in [3.05, 3.63) is 59.7 Å². The molecule has 2 aromatic carbocycles. The lowest BCUT2D eigenvalue weighted by Gasteiger charge is -2.30. The number of methoxy groups -OCH3 is 1. The predicted octanol–water partition coefficient (Wildman–Crippen LogP) is 3.54. The van der Waals surface area contributed by atoms with Gasteiger partial charge in [0.25, 0.3) is 0 Å². The maximum absolute atomic E-state index is 12.4. The fraction of sp³-hybridized carbons (Fsp3) is 0.300. The van der Waals surface area contributed by atoms with E-state index in [-0.39, 0.29) is 11.4 Å². The smallest absolute Gasteiger partial charge is 0.228 e. The molecule has 5 nitrogen and oxygen atoms in total. The van der Waals surface area contributed by atoms with Crippen molar-refractivity contribution in [2.75, 3.05) is 18.2 Å². The van der Waals surface area contributed by atoms with Crippen molar-refractivity contribution >= 4 is 28.5 Å². The Labute approximate surface area is 158 Å². The van der Waals surface area contributed by atoms with Crippen LogP contribution in [0.5, 0.6) is 5.75 Å². The fourth-order valence-electron chi connectivity index (χ4n) is 3.00. The Kier molecular flexibility index (Phi) is 5.52. The number of benzene rings is 2. The van der Waals surface area contributed by atoms with E-state index >= 15 is 0 Å². The number of carbonyl (C=O) groups excluding carboxylic acids is 1. The molecule has 0 saturated carbocycles. The summed E-state index contributed by atoms with van der Waals surface area (Å²) in [7, 11) is 1.62. The molecular formula is C20H23N3O2S. The molecule has 0 fully saturated rings. The molecule has 1 aliphatic heterocycles. The topological polar surface area (TPSA) is 76.7 Å². The summed E-state index contributed by atoms with van der Waals surface area (Å²) in [6.45, 7) is 2.08. The van der Waals surface area contributed by atoms with E-state index in [0.29, 0.717) is 11.6 Å². The summed E-state index contributed by atoms with van der Waals surface area (Å²) in [5, 5.41) is 3.59. The molecule has 0 aromatic heterocycles. The molecule has 1 atom stereocenters. The number of amides is 1. The van der Waals surface area contributed by atoms with Crippen LogP contribution in [0.25, 0.3) is 0 Å². The number of nitrogens with zero attached hydrogens (tertiary/aromatic N) is 1. The van der Waals surface area contributed by atoms with E-state index in [2.05, 4.69) is 17.2 Å². The second-order valence-corrected chi connectivity index (χ2v) is 7.59. The van der Waals surface area contributed by atoms with E-state index in [4.69, 9.17) is 10.5 Å². The van der Waals surface area contributed by atoms with Crippen LogP contribution in [0.1, 0.15) is 24.5 Å². The largest absolute Gasteiger partial charge is 0.497 e. The summed E-state index contributed by atoms with van der Waals surface area (Å²) >= 11 is 1.58. The average molecular weight is 369 g/mol. The van der Waals surface area contributed by atoms with E-state index in [1.54, 1.807) is 18.9 Å². The highest BCUT2D eigenvalue weighted by Gasteiger charge is 2.29. The lowest BCUT2D eigenvalue weighted by atomic mass is 9.89. The van der Waals surface area contributed by atoms with Crippen molar-refractivity contribution in [2.45, 2.75) is 25.3 Å². The Balaban J connectivity index is 1.72. The van der Waals surface area contributed by atoms with Gasteiger partial charge in [-0.1, -0.05) is 36.0 Å². The third kappa shape index (κ3) is 4.38. The van der Waals surface area contributed by atoms with E-state index in [9.17, 15) is 4.79 Å². The lowest BCUT2D eigenvalue weighted by Crippen LogP contribution is -2.28. The van der Waals surface area contributed by atoms with Gasteiger partial charge in [-0.15, -0.1) is 0 Å². The summed E-state index contributed by atoms with van der Waals surface area (Å²) in [6.07, 6.45) is 1.21. The van der Waals surface area contributed by atoms with Crippen LogP contribution in [-0.2, 0) is 16.8 Å². The zero-order valence-electron chi connectivity index (χ0n) is 15.0. The minimum absolute atomic E-state index is 0.0669. The minimum Gasteiger partial charge on any atom is -0.497 e. The Hall–Kier alpha value is -2.47. The first-order valence-corrected chi connectivity index (χ1v) is 9.48. The summed E-state index contributed by atoms with van der Waals surface area (Å²) in [5.41, 5.74) is 8.30. The number of hydrogen-bond donors (Lipinski definition) is 2. The van der Waals surface area contributed by atoms with Crippen molar-refractivity contribution in [1.82, 2.24) is 0 Å². The van der Waals surface area contributed by atoms with Crippen LogP contribution in [-0.4, -0.2) is 23.9 Å². The average Bonchev–Trinajstić information content (AvgIpc) is 2.62. The van der Waals surface area contributed by atoms with Crippen molar-refractivity contribution in [1.29, 1.82) is 0 Å². The molecule has 0 spiro atoms. The van der Waals surface area contributed by atoms with Crippen molar-refractivity contribution in [3.8, 4) is 5.75 Å². The Morgan fingerprint density at radius 1 is 1.31 bits per heavy atom. The van der Waals surface area contributed by atoms with Gasteiger partial charge in [-0.3, -0.25) is 9.79 Å². The Bertz CT molecular complexity index is 837. The first kappa shape index (κ1) is 18.3. The van der Waals surface area contributed by atoms with Crippen molar-refractivity contribution in [2.24, 2.45) is 10.7 Å². The van der Waals surface area contributed by atoms with Gasteiger partial charge in [0, 0.05) is 11.4 Å². The standard InChI is InChI=1S/C20H23N3O2S/c1-20(9-10-26-19(21)23-20)15-6-4-7-16(13-15)22-18(24)12-14-5-3-8-17(11-14)25-2/h3-8,11,13H,9-10,12H2,1-2H3,(H2,21,23)(H,22,24). The number of carbonyl (C=O) groups is 1. The van der Waals surface area contributed by atoms with E-state index in [1.165, 1.54) is 0 Å². The molecular weight excluding hydrogens is 346 g/mol. The molecule has 26 heavy (non-hydrogen) atoms. The Morgan fingerprint density at radius 2 is 2.12 bits per heavy atom. The van der Waals surface area contributed by atoms with Gasteiger partial charge in [0.1, 0.15) is 5.75 Å². The van der Waals surface area contributed by atoms with Gasteiger partial charge >= 0.3 is 0 Å². The van der Waals surface area contributed by atoms with Gasteiger partial charge in [0.2, 0.25) is 5.91 Å². The molecule has 1 aliphatic rings. The molecule has 0 aliphatic carbocycles. The SMILES string of the molecule is COc1cccc(CC(=O)Nc2cccc(C3(C)CCSC(N)=N3)c2)c1. The first-order valence-electron chi connectivity index (χ1n) is 8.50. The van der Waals surface area contributed by atoms with Crippen LogP contribution in [0.2, 0.25) is 0 Å². The number of hydrogen-bond acceptors (Lipinski definition) is 5. The molecule has 3 rings (SSSR count). The van der Waals surface area contributed by atoms with Gasteiger partial charge in [-0.25, -0.2) is 0 Å². The van der Waals surface area contributed by atoms with Crippen molar-refractivity contribution in [3.63, 3.8) is 0 Å². The highest BCUT2D eigenvalue weighted by molar-refractivity contribution is 8.13.